The molecule has 1 aromatic carbocycles. The van der Waals surface area contributed by atoms with Crippen molar-refractivity contribution < 1.29 is 9.53 Å². The average Bonchev–Trinajstić information content (AvgIpc) is 2.31. The van der Waals surface area contributed by atoms with Gasteiger partial charge in [-0.2, -0.15) is 0 Å². The second-order valence-corrected chi connectivity index (χ2v) is 3.44. The second-order valence-electron chi connectivity index (χ2n) is 3.04. The van der Waals surface area contributed by atoms with Crippen LogP contribution in [0, 0.1) is 0 Å². The zero-order chi connectivity index (χ0) is 11.4. The molecule has 16 heavy (non-hydrogen) atoms. The van der Waals surface area contributed by atoms with Crippen LogP contribution in [0.25, 0.3) is 0 Å². The molecule has 0 spiro atoms. The minimum atomic E-state index is -0.510. The van der Waals surface area contributed by atoms with Crippen LogP contribution in [0.3, 0.4) is 0 Å². The third kappa shape index (κ3) is 2.38. The van der Waals surface area contributed by atoms with Crippen molar-refractivity contribution >= 4 is 17.6 Å². The minimum Gasteiger partial charge on any atom is -0.404 e. The fourth-order valence-corrected chi connectivity index (χ4v) is 1.40. The topological polar surface area (TPSA) is 39.2 Å². The normalized spacial score (nSPS) is 9.81. The van der Waals surface area contributed by atoms with Gasteiger partial charge in [0.15, 0.2) is 0 Å². The summed E-state index contributed by atoms with van der Waals surface area (Å²) < 4.78 is 5.05. The first-order valence-corrected chi connectivity index (χ1v) is 5.03. The van der Waals surface area contributed by atoms with Gasteiger partial charge in [-0.1, -0.05) is 29.8 Å². The summed E-state index contributed by atoms with van der Waals surface area (Å²) in [6.07, 6.45) is 1.55. The molecule has 0 radical (unpaired) electrons. The number of esters is 1. The molecule has 0 fully saturated rings. The molecule has 0 amide bonds. The summed E-state index contributed by atoms with van der Waals surface area (Å²) in [5.74, 6) is -0.253. The fraction of sp³-hybridized carbons (Fsp3) is 0. The van der Waals surface area contributed by atoms with E-state index in [1.807, 2.05) is 0 Å². The van der Waals surface area contributed by atoms with Crippen LogP contribution in [0.15, 0.2) is 48.7 Å². The number of halogens is 1. The maximum Gasteiger partial charge on any atom is 0.346 e. The Morgan fingerprint density at radius 2 is 1.88 bits per heavy atom. The number of carbonyl (C=O) groups excluding carboxylic acids is 1. The number of benzene rings is 1. The Labute approximate surface area is 97.7 Å². The summed E-state index contributed by atoms with van der Waals surface area (Å²) >= 11 is 5.86. The van der Waals surface area contributed by atoms with E-state index in [0.717, 1.165) is 0 Å². The minimum absolute atomic E-state index is 0.257. The molecule has 0 N–H and O–H groups in total. The Balaban J connectivity index is 2.19. The summed E-state index contributed by atoms with van der Waals surface area (Å²) in [6, 6.07) is 11.8. The highest BCUT2D eigenvalue weighted by Gasteiger charge is 2.12. The summed E-state index contributed by atoms with van der Waals surface area (Å²) in [6.45, 7) is 0. The number of hydrogen-bond acceptors (Lipinski definition) is 3. The van der Waals surface area contributed by atoms with Gasteiger partial charge in [0.2, 0.25) is 5.88 Å². The molecule has 2 aromatic rings. The van der Waals surface area contributed by atoms with Crippen LogP contribution in [0.5, 0.6) is 5.88 Å². The second kappa shape index (κ2) is 4.77. The highest BCUT2D eigenvalue weighted by atomic mass is 35.5. The van der Waals surface area contributed by atoms with Gasteiger partial charge >= 0.3 is 5.97 Å². The van der Waals surface area contributed by atoms with Gasteiger partial charge < -0.3 is 4.74 Å². The molecule has 1 aromatic heterocycles. The third-order valence-corrected chi connectivity index (χ3v) is 2.26. The molecule has 0 aliphatic carbocycles. The molecule has 0 aliphatic rings. The zero-order valence-corrected chi connectivity index (χ0v) is 9.02. The number of ether oxygens (including phenoxy) is 1. The highest BCUT2D eigenvalue weighted by Crippen LogP contribution is 2.17. The Bertz CT molecular complexity index is 499. The number of carbonyl (C=O) groups is 1. The van der Waals surface area contributed by atoms with Crippen molar-refractivity contribution in [1.82, 2.24) is 4.98 Å². The van der Waals surface area contributed by atoms with E-state index < -0.39 is 5.97 Å². The summed E-state index contributed by atoms with van der Waals surface area (Å²) in [7, 11) is 0. The van der Waals surface area contributed by atoms with Crippen molar-refractivity contribution in [2.75, 3.05) is 0 Å². The van der Waals surface area contributed by atoms with Gasteiger partial charge in [-0.05, 0) is 18.2 Å². The van der Waals surface area contributed by atoms with Gasteiger partial charge in [0.05, 0.1) is 10.6 Å². The maximum atomic E-state index is 11.7. The van der Waals surface area contributed by atoms with Gasteiger partial charge in [-0.15, -0.1) is 0 Å². The van der Waals surface area contributed by atoms with Crippen LogP contribution < -0.4 is 4.74 Å². The van der Waals surface area contributed by atoms with Crippen LogP contribution >= 0.6 is 11.6 Å². The van der Waals surface area contributed by atoms with Crippen LogP contribution in [0.4, 0.5) is 0 Å². The predicted molar refractivity (Wildman–Crippen MR) is 60.6 cm³/mol. The summed E-state index contributed by atoms with van der Waals surface area (Å²) in [5.41, 5.74) is 0.329. The van der Waals surface area contributed by atoms with Crippen LogP contribution in [-0.2, 0) is 0 Å². The molecule has 0 unspecified atom stereocenters. The molecule has 0 atom stereocenters. The first kappa shape index (κ1) is 10.6. The van der Waals surface area contributed by atoms with Crippen LogP contribution in [0.2, 0.25) is 5.02 Å². The molecule has 1 heterocycles. The van der Waals surface area contributed by atoms with Crippen LogP contribution in [0.1, 0.15) is 10.4 Å². The lowest BCUT2D eigenvalue weighted by Crippen LogP contribution is -2.09. The first-order chi connectivity index (χ1) is 7.77. The predicted octanol–water partition coefficient (Wildman–Crippen LogP) is 2.95. The van der Waals surface area contributed by atoms with Crippen molar-refractivity contribution in [3.8, 4) is 5.88 Å². The lowest BCUT2D eigenvalue weighted by Gasteiger charge is -2.03. The van der Waals surface area contributed by atoms with E-state index in [2.05, 4.69) is 4.98 Å². The smallest absolute Gasteiger partial charge is 0.346 e. The number of aromatic nitrogens is 1. The molecule has 3 nitrogen and oxygen atoms in total. The third-order valence-electron chi connectivity index (χ3n) is 1.93. The Kier molecular flexibility index (Phi) is 3.17. The van der Waals surface area contributed by atoms with Crippen molar-refractivity contribution in [3.63, 3.8) is 0 Å². The molecule has 0 saturated heterocycles. The molecule has 0 aliphatic heterocycles. The lowest BCUT2D eigenvalue weighted by molar-refractivity contribution is 0.0728. The number of pyridine rings is 1. The van der Waals surface area contributed by atoms with Gasteiger partial charge in [-0.25, -0.2) is 9.78 Å². The quantitative estimate of drug-likeness (QED) is 0.749. The van der Waals surface area contributed by atoms with E-state index in [9.17, 15) is 4.79 Å². The number of rotatable bonds is 2. The van der Waals surface area contributed by atoms with Gasteiger partial charge in [-0.3, -0.25) is 0 Å². The SMILES string of the molecule is O=C(Oc1ccccn1)c1ccccc1Cl. The highest BCUT2D eigenvalue weighted by molar-refractivity contribution is 6.33. The maximum absolute atomic E-state index is 11.7. The van der Waals surface area contributed by atoms with Crippen molar-refractivity contribution in [2.45, 2.75) is 0 Å². The Morgan fingerprint density at radius 3 is 2.56 bits per heavy atom. The molecular formula is C12H8ClNO2. The Hall–Kier alpha value is -1.87. The monoisotopic (exact) mass is 233 g/mol. The van der Waals surface area contributed by atoms with E-state index in [1.54, 1.807) is 48.7 Å². The van der Waals surface area contributed by atoms with Crippen molar-refractivity contribution in [3.05, 3.63) is 59.2 Å². The van der Waals surface area contributed by atoms with E-state index in [1.165, 1.54) is 0 Å². The average molecular weight is 234 g/mol. The standard InChI is InChI=1S/C12H8ClNO2/c13-10-6-2-1-5-9(10)12(15)16-11-7-3-4-8-14-11/h1-8H. The zero-order valence-electron chi connectivity index (χ0n) is 8.26. The molecule has 2 rings (SSSR count). The largest absolute Gasteiger partial charge is 0.404 e. The number of hydrogen-bond donors (Lipinski definition) is 0. The number of nitrogens with zero attached hydrogens (tertiary/aromatic N) is 1. The van der Waals surface area contributed by atoms with Crippen molar-refractivity contribution in [2.24, 2.45) is 0 Å². The molecule has 80 valence electrons. The summed E-state index contributed by atoms with van der Waals surface area (Å²) in [4.78, 5) is 15.6. The fourth-order valence-electron chi connectivity index (χ4n) is 1.18. The van der Waals surface area contributed by atoms with Gasteiger partial charge in [0.25, 0.3) is 0 Å². The van der Waals surface area contributed by atoms with Gasteiger partial charge in [0.1, 0.15) is 0 Å². The first-order valence-electron chi connectivity index (χ1n) is 4.65. The van der Waals surface area contributed by atoms with E-state index in [-0.39, 0.29) is 5.88 Å². The van der Waals surface area contributed by atoms with E-state index >= 15 is 0 Å². The van der Waals surface area contributed by atoms with E-state index in [0.29, 0.717) is 10.6 Å². The molecule has 4 heteroatoms. The van der Waals surface area contributed by atoms with E-state index in [4.69, 9.17) is 16.3 Å². The van der Waals surface area contributed by atoms with Gasteiger partial charge in [0, 0.05) is 12.3 Å². The Morgan fingerprint density at radius 1 is 1.12 bits per heavy atom. The van der Waals surface area contributed by atoms with Crippen LogP contribution in [-0.4, -0.2) is 11.0 Å². The molecule has 0 saturated carbocycles. The molecule has 0 bridgehead atoms. The van der Waals surface area contributed by atoms with Crippen molar-refractivity contribution in [1.29, 1.82) is 0 Å². The lowest BCUT2D eigenvalue weighted by atomic mass is 10.2. The summed E-state index contributed by atoms with van der Waals surface area (Å²) in [5, 5.41) is 0.364. The molecular weight excluding hydrogens is 226 g/mol.